The van der Waals surface area contributed by atoms with Gasteiger partial charge in [-0.05, 0) is 25.0 Å². The van der Waals surface area contributed by atoms with Crippen LogP contribution in [0.3, 0.4) is 0 Å². The summed E-state index contributed by atoms with van der Waals surface area (Å²) >= 11 is 0. The van der Waals surface area contributed by atoms with E-state index in [0.717, 1.165) is 0 Å². The second-order valence-electron chi connectivity index (χ2n) is 2.49. The van der Waals surface area contributed by atoms with Gasteiger partial charge in [0.25, 0.3) is 0 Å². The molecule has 0 amide bonds. The Morgan fingerprint density at radius 1 is 1.00 bits per heavy atom. The number of carbonyl (C=O) groups excluding carboxylic acids is 1. The van der Waals surface area contributed by atoms with E-state index in [1.54, 1.807) is 0 Å². The van der Waals surface area contributed by atoms with Gasteiger partial charge in [0.1, 0.15) is 5.78 Å². The van der Waals surface area contributed by atoms with E-state index in [0.29, 0.717) is 0 Å². The van der Waals surface area contributed by atoms with Gasteiger partial charge in [-0.3, -0.25) is 0 Å². The Kier molecular flexibility index (Phi) is 1.86. The molecule has 1 nitrogen and oxygen atoms in total. The van der Waals surface area contributed by atoms with Crippen LogP contribution in [0.1, 0.15) is 13.8 Å². The van der Waals surface area contributed by atoms with Crippen molar-refractivity contribution in [1.29, 1.82) is 0 Å². The average molecular weight is 134 g/mol. The fourth-order valence-electron chi connectivity index (χ4n) is 0.663. The quantitative estimate of drug-likeness (QED) is 0.540. The molecule has 0 bridgehead atoms. The van der Waals surface area contributed by atoms with Crippen molar-refractivity contribution in [3.05, 3.63) is 24.3 Å². The van der Waals surface area contributed by atoms with E-state index in [4.69, 9.17) is 0 Å². The van der Waals surface area contributed by atoms with Gasteiger partial charge in [0, 0.05) is 0 Å². The zero-order valence-corrected chi connectivity index (χ0v) is 6.22. The van der Waals surface area contributed by atoms with Crippen molar-refractivity contribution in [2.45, 2.75) is 13.8 Å². The largest absolute Gasteiger partial charge is 0.300 e. The van der Waals surface area contributed by atoms with Crippen LogP contribution in [-0.4, -0.2) is 5.78 Å². The van der Waals surface area contributed by atoms with Gasteiger partial charge in [0.2, 0.25) is 0 Å². The highest BCUT2D eigenvalue weighted by molar-refractivity contribution is 5.75. The maximum Gasteiger partial charge on any atom is 0.126 e. The highest BCUT2D eigenvalue weighted by atomic mass is 16.1. The number of fused-ring (bicyclic) bond motifs is 1. The Morgan fingerprint density at radius 3 is 1.20 bits per heavy atom. The topological polar surface area (TPSA) is 17.1 Å². The molecule has 0 aromatic carbocycles. The first kappa shape index (κ1) is 7.00. The van der Waals surface area contributed by atoms with Crippen molar-refractivity contribution in [1.82, 2.24) is 0 Å². The highest BCUT2D eigenvalue weighted by Gasteiger charge is 2.03. The highest BCUT2D eigenvalue weighted by Crippen LogP contribution is 2.29. The molecule has 0 aliphatic heterocycles. The molecular formula is C9H10O. The van der Waals surface area contributed by atoms with Crippen molar-refractivity contribution >= 4 is 5.78 Å². The number of benzene rings is 1. The number of hydrogen-bond acceptors (Lipinski definition) is 1. The van der Waals surface area contributed by atoms with Crippen LogP contribution in [0.25, 0.3) is 11.1 Å². The number of rotatable bonds is 0. The summed E-state index contributed by atoms with van der Waals surface area (Å²) in [5, 5.41) is 0. The minimum atomic E-state index is 0.167. The van der Waals surface area contributed by atoms with Crippen LogP contribution in [-0.2, 0) is 4.79 Å². The summed E-state index contributed by atoms with van der Waals surface area (Å²) in [4.78, 5) is 9.44. The predicted octanol–water partition coefficient (Wildman–Crippen LogP) is 2.26. The van der Waals surface area contributed by atoms with Crippen molar-refractivity contribution in [3.8, 4) is 11.1 Å². The van der Waals surface area contributed by atoms with Gasteiger partial charge in [0.05, 0.1) is 0 Å². The third kappa shape index (κ3) is 1.44. The van der Waals surface area contributed by atoms with E-state index in [9.17, 15) is 4.79 Å². The van der Waals surface area contributed by atoms with E-state index in [1.807, 2.05) is 0 Å². The van der Waals surface area contributed by atoms with Crippen molar-refractivity contribution < 1.29 is 4.79 Å². The normalized spacial score (nSPS) is 9.40. The van der Waals surface area contributed by atoms with E-state index >= 15 is 0 Å². The van der Waals surface area contributed by atoms with Gasteiger partial charge in [0.15, 0.2) is 0 Å². The maximum atomic E-state index is 9.44. The molecule has 0 spiro atoms. The standard InChI is InChI=1S/C6H4.C3H6O/c1-2-6-4-3-5(1)6;1-3(2)4/h1-4H;1-2H3. The smallest absolute Gasteiger partial charge is 0.126 e. The lowest BCUT2D eigenvalue weighted by atomic mass is 9.95. The second-order valence-corrected chi connectivity index (χ2v) is 2.49. The maximum absolute atomic E-state index is 9.44. The van der Waals surface area contributed by atoms with Gasteiger partial charge in [-0.1, -0.05) is 24.3 Å². The Morgan fingerprint density at radius 2 is 1.20 bits per heavy atom. The van der Waals surface area contributed by atoms with Crippen LogP contribution >= 0.6 is 0 Å². The molecule has 0 fully saturated rings. The molecule has 10 heavy (non-hydrogen) atoms. The van der Waals surface area contributed by atoms with Gasteiger partial charge < -0.3 is 4.79 Å². The third-order valence-electron chi connectivity index (χ3n) is 1.22. The summed E-state index contributed by atoms with van der Waals surface area (Å²) < 4.78 is 0. The monoisotopic (exact) mass is 134 g/mol. The minimum absolute atomic E-state index is 0.167. The summed E-state index contributed by atoms with van der Waals surface area (Å²) in [7, 11) is 0. The molecule has 0 N–H and O–H groups in total. The minimum Gasteiger partial charge on any atom is -0.300 e. The second kappa shape index (κ2) is 2.65. The Labute approximate surface area is 60.7 Å². The zero-order valence-electron chi connectivity index (χ0n) is 6.22. The first-order valence-electron chi connectivity index (χ1n) is 3.28. The molecular weight excluding hydrogens is 124 g/mol. The van der Waals surface area contributed by atoms with E-state index in [2.05, 4.69) is 24.3 Å². The Balaban J connectivity index is 0.000000112. The molecule has 2 aliphatic rings. The first-order valence-corrected chi connectivity index (χ1v) is 3.28. The van der Waals surface area contributed by atoms with Gasteiger partial charge >= 0.3 is 0 Å². The first-order chi connectivity index (χ1) is 4.70. The van der Waals surface area contributed by atoms with Crippen LogP contribution in [0.4, 0.5) is 0 Å². The summed E-state index contributed by atoms with van der Waals surface area (Å²) in [5.74, 6) is 0.167. The van der Waals surface area contributed by atoms with Crippen LogP contribution in [0.2, 0.25) is 0 Å². The van der Waals surface area contributed by atoms with E-state index < -0.39 is 0 Å². The van der Waals surface area contributed by atoms with E-state index in [-0.39, 0.29) is 5.78 Å². The molecule has 0 atom stereocenters. The van der Waals surface area contributed by atoms with Crippen LogP contribution in [0.5, 0.6) is 0 Å². The number of carbonyl (C=O) groups is 1. The molecule has 0 radical (unpaired) electrons. The molecule has 2 rings (SSSR count). The van der Waals surface area contributed by atoms with Gasteiger partial charge in [-0.25, -0.2) is 0 Å². The SMILES string of the molecule is CC(C)=O.c1cc2ccc1-2. The average Bonchev–Trinajstić information content (AvgIpc) is 1.77. The number of ketones is 1. The molecule has 0 saturated carbocycles. The van der Waals surface area contributed by atoms with Gasteiger partial charge in [-0.2, -0.15) is 0 Å². The number of hydrogen-bond donors (Lipinski definition) is 0. The molecule has 1 heteroatoms. The summed E-state index contributed by atoms with van der Waals surface area (Å²) in [6.07, 6.45) is 0. The fourth-order valence-corrected chi connectivity index (χ4v) is 0.663. The molecule has 0 unspecified atom stereocenters. The lowest BCUT2D eigenvalue weighted by molar-refractivity contribution is -0.114. The summed E-state index contributed by atoms with van der Waals surface area (Å²) in [6.45, 7) is 3.06. The summed E-state index contributed by atoms with van der Waals surface area (Å²) in [5.41, 5.74) is 2.85. The Hall–Kier alpha value is -1.11. The van der Waals surface area contributed by atoms with Gasteiger partial charge in [-0.15, -0.1) is 0 Å². The summed E-state index contributed by atoms with van der Waals surface area (Å²) in [6, 6.07) is 8.48. The molecule has 0 heterocycles. The van der Waals surface area contributed by atoms with Crippen LogP contribution in [0.15, 0.2) is 24.3 Å². The zero-order chi connectivity index (χ0) is 7.56. The van der Waals surface area contributed by atoms with Crippen LogP contribution in [0, 0.1) is 0 Å². The van der Waals surface area contributed by atoms with Crippen molar-refractivity contribution in [2.75, 3.05) is 0 Å². The van der Waals surface area contributed by atoms with Crippen molar-refractivity contribution in [2.24, 2.45) is 0 Å². The number of Topliss-reactive ketones (excluding diaryl/α,β-unsaturated/α-hetero) is 1. The lowest BCUT2D eigenvalue weighted by Gasteiger charge is -2.10. The van der Waals surface area contributed by atoms with Crippen molar-refractivity contribution in [3.63, 3.8) is 0 Å². The van der Waals surface area contributed by atoms with E-state index in [1.165, 1.54) is 25.0 Å². The molecule has 52 valence electrons. The molecule has 0 saturated heterocycles. The molecule has 0 aromatic heterocycles. The molecule has 0 aromatic rings. The van der Waals surface area contributed by atoms with Crippen LogP contribution < -0.4 is 0 Å². The molecule has 2 aliphatic carbocycles. The fraction of sp³-hybridized carbons (Fsp3) is 0.222. The predicted molar refractivity (Wildman–Crippen MR) is 41.8 cm³/mol. The Bertz CT molecular complexity index is 208. The lowest BCUT2D eigenvalue weighted by Crippen LogP contribution is -1.85. The third-order valence-corrected chi connectivity index (χ3v) is 1.22.